The summed E-state index contributed by atoms with van der Waals surface area (Å²) in [6.07, 6.45) is 0.228. The zero-order chi connectivity index (χ0) is 24.7. The first-order valence-corrected chi connectivity index (χ1v) is 12.2. The highest BCUT2D eigenvalue weighted by molar-refractivity contribution is 7.89. The number of pyridine rings is 1. The van der Waals surface area contributed by atoms with Gasteiger partial charge in [-0.3, -0.25) is 4.98 Å². The number of halogens is 3. The molecule has 0 aliphatic heterocycles. The van der Waals surface area contributed by atoms with Crippen molar-refractivity contribution in [3.63, 3.8) is 0 Å². The van der Waals surface area contributed by atoms with E-state index in [2.05, 4.69) is 15.6 Å². The first-order valence-electron chi connectivity index (χ1n) is 10.7. The third-order valence-corrected chi connectivity index (χ3v) is 7.65. The summed E-state index contributed by atoms with van der Waals surface area (Å²) in [6, 6.07) is 8.19. The molecule has 2 heterocycles. The Morgan fingerprint density at radius 1 is 1.24 bits per heavy atom. The van der Waals surface area contributed by atoms with Crippen LogP contribution in [-0.4, -0.2) is 37.3 Å². The predicted octanol–water partition coefficient (Wildman–Crippen LogP) is 4.93. The van der Waals surface area contributed by atoms with Crippen molar-refractivity contribution in [3.8, 4) is 23.2 Å². The van der Waals surface area contributed by atoms with Crippen LogP contribution in [0.3, 0.4) is 0 Å². The van der Waals surface area contributed by atoms with Crippen LogP contribution in [-0.2, 0) is 10.0 Å². The fourth-order valence-electron chi connectivity index (χ4n) is 4.37. The Morgan fingerprint density at radius 2 is 1.94 bits per heavy atom. The van der Waals surface area contributed by atoms with Crippen LogP contribution in [0.2, 0.25) is 0 Å². The van der Waals surface area contributed by atoms with Crippen molar-refractivity contribution in [2.24, 2.45) is 0 Å². The number of hydrogen-bond acceptors (Lipinski definition) is 5. The lowest BCUT2D eigenvalue weighted by Crippen LogP contribution is -2.42. The molecule has 0 unspecified atom stereocenters. The summed E-state index contributed by atoms with van der Waals surface area (Å²) in [7, 11) is -2.88. The van der Waals surface area contributed by atoms with Crippen LogP contribution >= 0.6 is 0 Å². The number of aromatic nitrogens is 2. The van der Waals surface area contributed by atoms with Gasteiger partial charge in [0.2, 0.25) is 10.0 Å². The summed E-state index contributed by atoms with van der Waals surface area (Å²) in [5, 5.41) is 10.7. The van der Waals surface area contributed by atoms with Gasteiger partial charge in [0.15, 0.2) is 0 Å². The van der Waals surface area contributed by atoms with Crippen molar-refractivity contribution in [1.82, 2.24) is 14.3 Å². The lowest BCUT2D eigenvalue weighted by Gasteiger charge is -2.19. The summed E-state index contributed by atoms with van der Waals surface area (Å²) in [5.74, 6) is 0.638. The Hall–Kier alpha value is -3.10. The summed E-state index contributed by atoms with van der Waals surface area (Å²) in [5.41, 5.74) is 2.13. The van der Waals surface area contributed by atoms with Crippen LogP contribution in [0, 0.1) is 11.3 Å². The number of hydrogen-bond donors (Lipinski definition) is 1. The van der Waals surface area contributed by atoms with Gasteiger partial charge in [-0.15, -0.1) is 0 Å². The van der Waals surface area contributed by atoms with Crippen molar-refractivity contribution in [1.29, 1.82) is 5.26 Å². The highest BCUT2D eigenvalue weighted by atomic mass is 32.2. The molecule has 0 saturated heterocycles. The van der Waals surface area contributed by atoms with Gasteiger partial charge in [0.25, 0.3) is 0 Å². The van der Waals surface area contributed by atoms with Gasteiger partial charge >= 0.3 is 6.18 Å². The molecular weight excluding hydrogens is 469 g/mol. The van der Waals surface area contributed by atoms with Crippen molar-refractivity contribution in [2.45, 2.75) is 55.8 Å². The zero-order valence-electron chi connectivity index (χ0n) is 18.6. The Morgan fingerprint density at radius 3 is 2.50 bits per heavy atom. The molecule has 0 bridgehead atoms. The largest absolute Gasteiger partial charge is 0.497 e. The highest BCUT2D eigenvalue weighted by Crippen LogP contribution is 2.41. The molecule has 4 rings (SSSR count). The number of alkyl halides is 3. The third-order valence-electron chi connectivity index (χ3n) is 6.13. The number of benzene rings is 1. The number of sulfonamides is 1. The fraction of sp³-hybridized carbons (Fsp3) is 0.391. The SMILES string of the molecule is COc1ccc2c(C#N)c(-c3ccc(S(=O)(=O)N[C@@H](C)C(F)(F)F)cn3)n(C3CCCC3)c2c1. The molecule has 2 aromatic heterocycles. The van der Waals surface area contributed by atoms with E-state index >= 15 is 0 Å². The molecule has 3 aromatic rings. The van der Waals surface area contributed by atoms with Gasteiger partial charge < -0.3 is 9.30 Å². The van der Waals surface area contributed by atoms with E-state index in [9.17, 15) is 26.9 Å². The second kappa shape index (κ2) is 8.92. The lowest BCUT2D eigenvalue weighted by molar-refractivity contribution is -0.147. The standard InChI is InChI=1S/C23H23F3N4O3S/c1-14(23(24,25)26)29-34(31,32)17-8-10-20(28-13-17)22-19(12-27)18-9-7-16(33-2)11-21(18)30(22)15-5-3-4-6-15/h7-11,13-15,29H,3-6H2,1-2H3/t14-/m0/s1. The minimum atomic E-state index is -4.72. The van der Waals surface area contributed by atoms with E-state index in [0.29, 0.717) is 22.7 Å². The van der Waals surface area contributed by atoms with Crippen molar-refractivity contribution >= 4 is 20.9 Å². The first kappa shape index (κ1) is 24.0. The summed E-state index contributed by atoms with van der Waals surface area (Å²) < 4.78 is 72.4. The van der Waals surface area contributed by atoms with E-state index in [1.165, 1.54) is 12.1 Å². The van der Waals surface area contributed by atoms with Crippen LogP contribution in [0.4, 0.5) is 13.2 Å². The Labute approximate surface area is 195 Å². The molecular formula is C23H23F3N4O3S. The second-order valence-corrected chi connectivity index (χ2v) is 10.0. The van der Waals surface area contributed by atoms with E-state index < -0.39 is 27.1 Å². The van der Waals surface area contributed by atoms with Gasteiger partial charge in [0.1, 0.15) is 22.8 Å². The van der Waals surface area contributed by atoms with Gasteiger partial charge in [0.05, 0.1) is 29.6 Å². The highest BCUT2D eigenvalue weighted by Gasteiger charge is 2.39. The maximum atomic E-state index is 12.8. The number of fused-ring (bicyclic) bond motifs is 1. The van der Waals surface area contributed by atoms with Crippen LogP contribution < -0.4 is 9.46 Å². The topological polar surface area (TPSA) is 97.0 Å². The number of rotatable bonds is 6. The molecule has 1 aromatic carbocycles. The normalized spacial score (nSPS) is 16.0. The van der Waals surface area contributed by atoms with Crippen molar-refractivity contribution in [3.05, 3.63) is 42.1 Å². The molecule has 0 amide bonds. The van der Waals surface area contributed by atoms with Gasteiger partial charge in [-0.1, -0.05) is 12.8 Å². The van der Waals surface area contributed by atoms with Gasteiger partial charge in [-0.25, -0.2) is 8.42 Å². The zero-order valence-corrected chi connectivity index (χ0v) is 19.4. The maximum Gasteiger partial charge on any atom is 0.404 e. The molecule has 180 valence electrons. The number of nitrogens with zero attached hydrogens (tertiary/aromatic N) is 3. The average Bonchev–Trinajstić information content (AvgIpc) is 3.43. The van der Waals surface area contributed by atoms with Crippen LogP contribution in [0.25, 0.3) is 22.3 Å². The second-order valence-electron chi connectivity index (χ2n) is 8.29. The summed E-state index contributed by atoms with van der Waals surface area (Å²) >= 11 is 0. The summed E-state index contributed by atoms with van der Waals surface area (Å²) in [4.78, 5) is 3.87. The Kier molecular flexibility index (Phi) is 6.31. The van der Waals surface area contributed by atoms with Gasteiger partial charge in [-0.05, 0) is 44.0 Å². The van der Waals surface area contributed by atoms with Gasteiger partial charge in [-0.2, -0.15) is 23.2 Å². The van der Waals surface area contributed by atoms with E-state index in [-0.39, 0.29) is 6.04 Å². The van der Waals surface area contributed by atoms with Crippen LogP contribution in [0.15, 0.2) is 41.4 Å². The van der Waals surface area contributed by atoms with Crippen molar-refractivity contribution < 1.29 is 26.3 Å². The number of ether oxygens (including phenoxy) is 1. The number of methoxy groups -OCH3 is 1. The Bertz CT molecular complexity index is 1350. The molecule has 1 saturated carbocycles. The molecule has 7 nitrogen and oxygen atoms in total. The van der Waals surface area contributed by atoms with Crippen molar-refractivity contribution in [2.75, 3.05) is 7.11 Å². The molecule has 1 N–H and O–H groups in total. The first-order chi connectivity index (χ1) is 16.1. The van der Waals surface area contributed by atoms with E-state index in [4.69, 9.17) is 4.74 Å². The minimum absolute atomic E-state index is 0.131. The Balaban J connectivity index is 1.82. The van der Waals surface area contributed by atoms with Crippen LogP contribution in [0.1, 0.15) is 44.2 Å². The lowest BCUT2D eigenvalue weighted by atomic mass is 10.1. The predicted molar refractivity (Wildman–Crippen MR) is 120 cm³/mol. The molecule has 11 heteroatoms. The number of nitriles is 1. The minimum Gasteiger partial charge on any atom is -0.497 e. The van der Waals surface area contributed by atoms with Crippen LogP contribution in [0.5, 0.6) is 5.75 Å². The maximum absolute atomic E-state index is 12.8. The molecule has 0 spiro atoms. The molecule has 1 aliphatic carbocycles. The quantitative estimate of drug-likeness (QED) is 0.526. The molecule has 34 heavy (non-hydrogen) atoms. The smallest absolute Gasteiger partial charge is 0.404 e. The van der Waals surface area contributed by atoms with Gasteiger partial charge in [0, 0.05) is 23.7 Å². The molecule has 0 radical (unpaired) electrons. The fourth-order valence-corrected chi connectivity index (χ4v) is 5.54. The molecule has 1 atom stereocenters. The number of nitrogens with one attached hydrogen (secondary N) is 1. The van der Waals surface area contributed by atoms with E-state index in [0.717, 1.165) is 49.7 Å². The summed E-state index contributed by atoms with van der Waals surface area (Å²) in [6.45, 7) is 0.729. The van der Waals surface area contributed by atoms with E-state index in [1.54, 1.807) is 17.9 Å². The average molecular weight is 493 g/mol. The van der Waals surface area contributed by atoms with E-state index in [1.807, 2.05) is 12.1 Å². The molecule has 1 aliphatic rings. The molecule has 1 fully saturated rings. The monoisotopic (exact) mass is 492 g/mol. The third kappa shape index (κ3) is 4.35.